The standard InChI is InChI=1S/C44H63F3N12O16/c45-44(46,47)42(66)59(30-32-29-52-38-37(54-32)40(63)57-43(48)56-38)33-3-1-31(2-4-33)39(62)55-34(41(64)65)5-6-35(60)50-8-9-51-36(61)7-11-67-13-15-69-17-19-71-21-23-73-25-27-75-28-26-74-24-22-72-20-18-70-16-14-68-12-10-53-58-49/h1-4,29,34H,5-28,30H2,(H,50,60)(H,51,61)(H,55,62)(H,64,65)(H3,48,52,56,57,63)/t34-/m0/s1. The van der Waals surface area contributed by atoms with Gasteiger partial charge < -0.3 is 69.4 Å². The Bertz CT molecular complexity index is 2300. The third-order valence-electron chi connectivity index (χ3n) is 9.62. The number of hydrogen-bond acceptors (Lipinski definition) is 20. The Kier molecular flexibility index (Phi) is 31.0. The summed E-state index contributed by atoms with van der Waals surface area (Å²) in [6.45, 7) is 6.41. The van der Waals surface area contributed by atoms with E-state index < -0.39 is 48.0 Å². The molecule has 2 heterocycles. The fraction of sp³-hybridized carbons (Fsp3) is 0.614. The quantitative estimate of drug-likeness (QED) is 0.0194. The number of hydrogen-bond donors (Lipinski definition) is 6. The lowest BCUT2D eigenvalue weighted by molar-refractivity contribution is -0.170. The summed E-state index contributed by atoms with van der Waals surface area (Å²) in [5.41, 5.74) is 11.6. The third kappa shape index (κ3) is 27.4. The van der Waals surface area contributed by atoms with E-state index in [0.717, 1.165) is 30.5 Å². The summed E-state index contributed by atoms with van der Waals surface area (Å²) in [7, 11) is 0. The predicted octanol–water partition coefficient (Wildman–Crippen LogP) is 0.436. The number of carboxylic acid groups (broad SMARTS) is 1. The molecule has 1 atom stereocenters. The molecule has 2 aromatic heterocycles. The first-order valence-corrected chi connectivity index (χ1v) is 23.5. The molecule has 0 spiro atoms. The summed E-state index contributed by atoms with van der Waals surface area (Å²) in [4.78, 5) is 90.8. The number of alkyl halides is 3. The Hall–Kier alpha value is -6.67. The van der Waals surface area contributed by atoms with Crippen molar-refractivity contribution in [2.24, 2.45) is 5.11 Å². The van der Waals surface area contributed by atoms with Crippen molar-refractivity contribution in [3.8, 4) is 0 Å². The normalized spacial score (nSPS) is 11.7. The van der Waals surface area contributed by atoms with Gasteiger partial charge in [-0.1, -0.05) is 5.11 Å². The number of rotatable bonds is 42. The predicted molar refractivity (Wildman–Crippen MR) is 256 cm³/mol. The fourth-order valence-electron chi connectivity index (χ4n) is 5.97. The number of carbonyl (C=O) groups excluding carboxylic acids is 4. The van der Waals surface area contributed by atoms with Gasteiger partial charge in [0.05, 0.1) is 137 Å². The number of nitrogen functional groups attached to an aromatic ring is 1. The van der Waals surface area contributed by atoms with Crippen LogP contribution in [0, 0.1) is 0 Å². The second-order valence-corrected chi connectivity index (χ2v) is 15.2. The number of aliphatic carboxylic acids is 1. The van der Waals surface area contributed by atoms with E-state index in [4.69, 9.17) is 53.9 Å². The molecule has 0 fully saturated rings. The van der Waals surface area contributed by atoms with Crippen molar-refractivity contribution < 1.29 is 84.9 Å². The number of nitrogens with one attached hydrogen (secondary N) is 4. The Morgan fingerprint density at radius 1 is 0.720 bits per heavy atom. The van der Waals surface area contributed by atoms with Gasteiger partial charge in [-0.25, -0.2) is 14.8 Å². The third-order valence-corrected chi connectivity index (χ3v) is 9.62. The van der Waals surface area contributed by atoms with E-state index in [0.29, 0.717) is 117 Å². The van der Waals surface area contributed by atoms with Crippen molar-refractivity contribution in [1.82, 2.24) is 35.9 Å². The van der Waals surface area contributed by atoms with Crippen molar-refractivity contribution in [2.75, 3.05) is 149 Å². The van der Waals surface area contributed by atoms with Crippen molar-refractivity contribution in [1.29, 1.82) is 0 Å². The number of aromatic amines is 1. The van der Waals surface area contributed by atoms with Gasteiger partial charge in [0.2, 0.25) is 17.8 Å². The number of aromatic nitrogens is 4. The van der Waals surface area contributed by atoms with E-state index in [1.54, 1.807) is 0 Å². The monoisotopic (exact) mass is 1070 g/mol. The lowest BCUT2D eigenvalue weighted by Crippen LogP contribution is -2.42. The average Bonchev–Trinajstić information content (AvgIpc) is 3.38. The van der Waals surface area contributed by atoms with Crippen molar-refractivity contribution in [3.05, 3.63) is 62.5 Å². The van der Waals surface area contributed by atoms with Gasteiger partial charge in [-0.15, -0.1) is 0 Å². The summed E-state index contributed by atoms with van der Waals surface area (Å²) in [6, 6.07) is 2.63. The highest BCUT2D eigenvalue weighted by molar-refractivity contribution is 5.99. The van der Waals surface area contributed by atoms with Crippen LogP contribution in [0.1, 0.15) is 35.3 Å². The first-order valence-electron chi connectivity index (χ1n) is 23.5. The van der Waals surface area contributed by atoms with Crippen molar-refractivity contribution >= 4 is 52.4 Å². The summed E-state index contributed by atoms with van der Waals surface area (Å²) in [5.74, 6) is -5.85. The van der Waals surface area contributed by atoms with Gasteiger partial charge in [0, 0.05) is 48.6 Å². The number of benzene rings is 1. The van der Waals surface area contributed by atoms with Gasteiger partial charge >= 0.3 is 18.1 Å². The summed E-state index contributed by atoms with van der Waals surface area (Å²) < 4.78 is 89.5. The van der Waals surface area contributed by atoms with Gasteiger partial charge in [-0.2, -0.15) is 18.2 Å². The molecule has 75 heavy (non-hydrogen) atoms. The molecule has 0 unspecified atom stereocenters. The second kappa shape index (κ2) is 37.1. The maximum Gasteiger partial charge on any atom is 0.471 e. The second-order valence-electron chi connectivity index (χ2n) is 15.2. The van der Waals surface area contributed by atoms with Gasteiger partial charge in [-0.05, 0) is 36.2 Å². The number of ether oxygens (including phenoxy) is 9. The molecular formula is C44H63F3N12O16. The molecule has 0 bridgehead atoms. The molecule has 0 aliphatic carbocycles. The summed E-state index contributed by atoms with van der Waals surface area (Å²) in [5, 5.41) is 20.4. The van der Waals surface area contributed by atoms with E-state index in [-0.39, 0.29) is 85.5 Å². The molecule has 0 saturated heterocycles. The van der Waals surface area contributed by atoms with Gasteiger partial charge in [0.25, 0.3) is 11.5 Å². The molecule has 0 aliphatic rings. The maximum atomic E-state index is 13.6. The van der Waals surface area contributed by atoms with E-state index in [9.17, 15) is 47.0 Å². The zero-order valence-corrected chi connectivity index (χ0v) is 41.1. The van der Waals surface area contributed by atoms with Crippen LogP contribution in [0.15, 0.2) is 40.4 Å². The fourth-order valence-corrected chi connectivity index (χ4v) is 5.97. The Labute approximate surface area is 427 Å². The zero-order valence-electron chi connectivity index (χ0n) is 41.1. The average molecular weight is 1070 g/mol. The van der Waals surface area contributed by atoms with E-state index in [2.05, 4.69) is 45.9 Å². The minimum Gasteiger partial charge on any atom is -0.480 e. The van der Waals surface area contributed by atoms with Crippen LogP contribution in [-0.4, -0.2) is 205 Å². The molecule has 1 aromatic carbocycles. The molecule has 3 aromatic rings. The number of H-pyrrole nitrogens is 1. The lowest BCUT2D eigenvalue weighted by Gasteiger charge is -2.24. The minimum absolute atomic E-state index is 0.0279. The molecule has 0 radical (unpaired) electrons. The SMILES string of the molecule is [N-]=[N+]=NCCOCCOCCOCCOCCOCCOCCOCCOCCOCCC(=O)NCCNC(=O)CC[C@H](NC(=O)c1ccc(N(Cc2cnc3nc(N)[nH]c(=O)c3n2)C(=O)C(F)(F)F)cc1)C(=O)O. The van der Waals surface area contributed by atoms with Gasteiger partial charge in [0.1, 0.15) is 6.04 Å². The Morgan fingerprint density at radius 3 is 1.65 bits per heavy atom. The molecule has 0 saturated carbocycles. The minimum atomic E-state index is -5.34. The largest absolute Gasteiger partial charge is 0.480 e. The number of halogens is 3. The molecule has 7 N–H and O–H groups in total. The number of fused-ring (bicyclic) bond motifs is 1. The number of amides is 4. The topological polar surface area (TPSA) is 374 Å². The lowest BCUT2D eigenvalue weighted by atomic mass is 10.1. The van der Waals surface area contributed by atoms with Crippen LogP contribution < -0.4 is 32.1 Å². The first-order chi connectivity index (χ1) is 36.2. The van der Waals surface area contributed by atoms with E-state index in [1.807, 2.05) is 0 Å². The number of carbonyl (C=O) groups is 5. The van der Waals surface area contributed by atoms with E-state index in [1.165, 1.54) is 0 Å². The van der Waals surface area contributed by atoms with Crippen LogP contribution >= 0.6 is 0 Å². The molecule has 28 nitrogen and oxygen atoms in total. The number of carboxylic acids is 1. The highest BCUT2D eigenvalue weighted by Gasteiger charge is 2.43. The van der Waals surface area contributed by atoms with Crippen LogP contribution in [0.3, 0.4) is 0 Å². The molecule has 416 valence electrons. The number of azide groups is 1. The van der Waals surface area contributed by atoms with Gasteiger partial charge in [0.15, 0.2) is 11.2 Å². The molecule has 0 aliphatic heterocycles. The molecule has 31 heteroatoms. The number of nitrogens with two attached hydrogens (primary N) is 1. The summed E-state index contributed by atoms with van der Waals surface area (Å²) >= 11 is 0. The van der Waals surface area contributed by atoms with Crippen LogP contribution in [0.4, 0.5) is 24.8 Å². The maximum absolute atomic E-state index is 13.6. The Balaban J connectivity index is 1.15. The van der Waals surface area contributed by atoms with Gasteiger partial charge in [-0.3, -0.25) is 33.9 Å². The number of nitrogens with zero attached hydrogens (tertiary/aromatic N) is 7. The zero-order chi connectivity index (χ0) is 54.5. The molecular weight excluding hydrogens is 1010 g/mol. The van der Waals surface area contributed by atoms with Crippen molar-refractivity contribution in [3.63, 3.8) is 0 Å². The molecule has 3 rings (SSSR count). The number of anilines is 2. The van der Waals surface area contributed by atoms with Crippen LogP contribution in [-0.2, 0) is 68.4 Å². The highest BCUT2D eigenvalue weighted by Crippen LogP contribution is 2.26. The highest BCUT2D eigenvalue weighted by atomic mass is 19.4. The van der Waals surface area contributed by atoms with Crippen LogP contribution in [0.25, 0.3) is 21.6 Å². The molecule has 4 amide bonds. The Morgan fingerprint density at radius 2 is 1.19 bits per heavy atom. The first kappa shape index (κ1) is 62.6. The van der Waals surface area contributed by atoms with Crippen LogP contribution in [0.2, 0.25) is 0 Å². The smallest absolute Gasteiger partial charge is 0.471 e. The summed E-state index contributed by atoms with van der Waals surface area (Å²) in [6.07, 6.45) is -4.93. The van der Waals surface area contributed by atoms with Crippen molar-refractivity contribution in [2.45, 2.75) is 38.0 Å². The van der Waals surface area contributed by atoms with E-state index >= 15 is 0 Å². The van der Waals surface area contributed by atoms with Crippen LogP contribution in [0.5, 0.6) is 0 Å².